The lowest BCUT2D eigenvalue weighted by atomic mass is 10.5. The Morgan fingerprint density at radius 2 is 1.75 bits per heavy atom. The van der Waals surface area contributed by atoms with E-state index >= 15 is 0 Å². The second-order valence-corrected chi connectivity index (χ2v) is 4.22. The Morgan fingerprint density at radius 1 is 1.12 bits per heavy atom. The van der Waals surface area contributed by atoms with Gasteiger partial charge in [-0.05, 0) is 25.8 Å². The van der Waals surface area contributed by atoms with Crippen LogP contribution in [-0.2, 0) is 9.47 Å². The first kappa shape index (κ1) is 16.1. The van der Waals surface area contributed by atoms with Crippen molar-refractivity contribution in [3.05, 3.63) is 0 Å². The molecule has 0 aromatic carbocycles. The smallest absolute Gasteiger partial charge is 0.0593 e. The van der Waals surface area contributed by atoms with E-state index in [2.05, 4.69) is 11.9 Å². The minimum atomic E-state index is 0. The molecule has 0 amide bonds. The Hall–Kier alpha value is 0.130. The van der Waals surface area contributed by atoms with Gasteiger partial charge in [0, 0.05) is 26.2 Å². The van der Waals surface area contributed by atoms with Gasteiger partial charge in [-0.25, -0.2) is 0 Å². The number of hydrogen-bond donors (Lipinski definition) is 1. The first-order chi connectivity index (χ1) is 7.33. The number of ether oxygens (including phenoxy) is 2. The summed E-state index contributed by atoms with van der Waals surface area (Å²) in [6.07, 6.45) is 2.73. The van der Waals surface area contributed by atoms with Crippen LogP contribution in [0, 0.1) is 5.92 Å². The van der Waals surface area contributed by atoms with Crippen molar-refractivity contribution in [3.63, 3.8) is 0 Å². The van der Waals surface area contributed by atoms with Gasteiger partial charge in [0.2, 0.25) is 0 Å². The van der Waals surface area contributed by atoms with E-state index in [0.29, 0.717) is 13.2 Å². The van der Waals surface area contributed by atoms with Gasteiger partial charge in [0.25, 0.3) is 0 Å². The highest BCUT2D eigenvalue weighted by molar-refractivity contribution is 5.85. The maximum atomic E-state index is 5.55. The minimum Gasteiger partial charge on any atom is -0.380 e. The molecule has 0 heterocycles. The molecule has 5 heteroatoms. The predicted octanol–water partition coefficient (Wildman–Crippen LogP) is 0.742. The van der Waals surface area contributed by atoms with E-state index < -0.39 is 0 Å². The fraction of sp³-hybridized carbons (Fsp3) is 1.00. The van der Waals surface area contributed by atoms with Crippen LogP contribution in [-0.4, -0.2) is 58.0 Å². The summed E-state index contributed by atoms with van der Waals surface area (Å²) in [4.78, 5) is 2.23. The van der Waals surface area contributed by atoms with Crippen molar-refractivity contribution >= 4 is 12.4 Å². The number of halogens is 1. The predicted molar refractivity (Wildman–Crippen MR) is 68.2 cm³/mol. The summed E-state index contributed by atoms with van der Waals surface area (Å²) < 4.78 is 10.9. The van der Waals surface area contributed by atoms with E-state index in [4.69, 9.17) is 15.2 Å². The third-order valence-electron chi connectivity index (χ3n) is 2.55. The van der Waals surface area contributed by atoms with Gasteiger partial charge < -0.3 is 20.1 Å². The van der Waals surface area contributed by atoms with E-state index in [1.165, 1.54) is 12.8 Å². The van der Waals surface area contributed by atoms with Crippen LogP contribution < -0.4 is 5.73 Å². The van der Waals surface area contributed by atoms with E-state index in [9.17, 15) is 0 Å². The maximum Gasteiger partial charge on any atom is 0.0593 e. The van der Waals surface area contributed by atoms with Gasteiger partial charge in [-0.3, -0.25) is 0 Å². The van der Waals surface area contributed by atoms with Gasteiger partial charge in [0.15, 0.2) is 0 Å². The monoisotopic (exact) mass is 252 g/mol. The second kappa shape index (κ2) is 10.3. The molecule has 0 bridgehead atoms. The fourth-order valence-corrected chi connectivity index (χ4v) is 1.27. The quantitative estimate of drug-likeness (QED) is 0.583. The molecule has 0 atom stereocenters. The summed E-state index contributed by atoms with van der Waals surface area (Å²) in [5.74, 6) is 0.864. The average molecular weight is 253 g/mol. The maximum absolute atomic E-state index is 5.55. The van der Waals surface area contributed by atoms with Crippen LogP contribution in [0.1, 0.15) is 12.8 Å². The van der Waals surface area contributed by atoms with E-state index in [1.54, 1.807) is 0 Å². The van der Waals surface area contributed by atoms with Gasteiger partial charge in [0.05, 0.1) is 19.8 Å². The topological polar surface area (TPSA) is 47.7 Å². The molecule has 4 nitrogen and oxygen atoms in total. The lowest BCUT2D eigenvalue weighted by molar-refractivity contribution is 0.0826. The molecule has 1 rings (SSSR count). The molecule has 0 saturated heterocycles. The van der Waals surface area contributed by atoms with Crippen molar-refractivity contribution in [1.82, 2.24) is 4.90 Å². The largest absolute Gasteiger partial charge is 0.380 e. The minimum absolute atomic E-state index is 0. The van der Waals surface area contributed by atoms with Gasteiger partial charge in [-0.1, -0.05) is 0 Å². The number of nitrogens with two attached hydrogens (primary N) is 1. The number of likely N-dealkylation sites (N-methyl/N-ethyl adjacent to an activating group) is 1. The SMILES string of the molecule is CN(CCOCCN)CCOCC1CC1.Cl. The molecule has 0 aromatic rings. The van der Waals surface area contributed by atoms with Crippen molar-refractivity contribution in [2.45, 2.75) is 12.8 Å². The highest BCUT2D eigenvalue weighted by atomic mass is 35.5. The summed E-state index contributed by atoms with van der Waals surface area (Å²) in [5, 5.41) is 0. The zero-order valence-corrected chi connectivity index (χ0v) is 11.0. The van der Waals surface area contributed by atoms with Crippen molar-refractivity contribution < 1.29 is 9.47 Å². The first-order valence-corrected chi connectivity index (χ1v) is 5.87. The van der Waals surface area contributed by atoms with Crippen LogP contribution in [0.5, 0.6) is 0 Å². The van der Waals surface area contributed by atoms with Crippen LogP contribution in [0.15, 0.2) is 0 Å². The lowest BCUT2D eigenvalue weighted by Gasteiger charge is -2.16. The Bertz CT molecular complexity index is 157. The number of hydrogen-bond acceptors (Lipinski definition) is 4. The van der Waals surface area contributed by atoms with E-state index in [0.717, 1.165) is 38.8 Å². The van der Waals surface area contributed by atoms with E-state index in [-0.39, 0.29) is 12.4 Å². The number of nitrogens with zero attached hydrogens (tertiary/aromatic N) is 1. The number of rotatable bonds is 10. The van der Waals surface area contributed by atoms with Gasteiger partial charge in [-0.15, -0.1) is 12.4 Å². The normalized spacial score (nSPS) is 15.2. The molecule has 0 radical (unpaired) electrons. The average Bonchev–Trinajstić information content (AvgIpc) is 3.03. The third kappa shape index (κ3) is 9.36. The van der Waals surface area contributed by atoms with Crippen LogP contribution in [0.2, 0.25) is 0 Å². The zero-order chi connectivity index (χ0) is 10.9. The van der Waals surface area contributed by atoms with Crippen molar-refractivity contribution in [1.29, 1.82) is 0 Å². The Morgan fingerprint density at radius 3 is 2.31 bits per heavy atom. The summed E-state index contributed by atoms with van der Waals surface area (Å²) in [7, 11) is 2.09. The molecule has 2 N–H and O–H groups in total. The van der Waals surface area contributed by atoms with Crippen LogP contribution in [0.3, 0.4) is 0 Å². The summed E-state index contributed by atoms with van der Waals surface area (Å²) >= 11 is 0. The highest BCUT2D eigenvalue weighted by Gasteiger charge is 2.20. The molecule has 1 saturated carbocycles. The molecule has 0 unspecified atom stereocenters. The van der Waals surface area contributed by atoms with E-state index in [1.807, 2.05) is 0 Å². The molecule has 98 valence electrons. The van der Waals surface area contributed by atoms with Crippen LogP contribution in [0.25, 0.3) is 0 Å². The Balaban J connectivity index is 0.00000225. The van der Waals surface area contributed by atoms with Gasteiger partial charge >= 0.3 is 0 Å². The fourth-order valence-electron chi connectivity index (χ4n) is 1.27. The molecule has 1 fully saturated rings. The molecule has 0 spiro atoms. The summed E-state index contributed by atoms with van der Waals surface area (Å²) in [5.41, 5.74) is 5.32. The standard InChI is InChI=1S/C11H24N2O2.ClH/c1-13(5-8-14-7-4-12)6-9-15-10-11-2-3-11;/h11H,2-10,12H2,1H3;1H. The van der Waals surface area contributed by atoms with Crippen molar-refractivity contribution in [2.75, 3.05) is 53.1 Å². The molecule has 1 aliphatic carbocycles. The summed E-state index contributed by atoms with van der Waals surface area (Å²) in [6.45, 7) is 5.75. The Labute approximate surface area is 105 Å². The lowest BCUT2D eigenvalue weighted by Crippen LogP contribution is -2.27. The third-order valence-corrected chi connectivity index (χ3v) is 2.55. The molecular formula is C11H25ClN2O2. The highest BCUT2D eigenvalue weighted by Crippen LogP contribution is 2.28. The van der Waals surface area contributed by atoms with Crippen LogP contribution >= 0.6 is 12.4 Å². The van der Waals surface area contributed by atoms with Gasteiger partial charge in [-0.2, -0.15) is 0 Å². The molecule has 1 aliphatic rings. The zero-order valence-electron chi connectivity index (χ0n) is 10.2. The van der Waals surface area contributed by atoms with Crippen molar-refractivity contribution in [3.8, 4) is 0 Å². The molecule has 16 heavy (non-hydrogen) atoms. The van der Waals surface area contributed by atoms with Crippen LogP contribution in [0.4, 0.5) is 0 Å². The molecular weight excluding hydrogens is 228 g/mol. The molecule has 0 aliphatic heterocycles. The first-order valence-electron chi connectivity index (χ1n) is 5.87. The van der Waals surface area contributed by atoms with Gasteiger partial charge in [0.1, 0.15) is 0 Å². The molecule has 0 aromatic heterocycles. The Kier molecular flexibility index (Phi) is 10.4. The van der Waals surface area contributed by atoms with Crippen molar-refractivity contribution in [2.24, 2.45) is 11.7 Å². The second-order valence-electron chi connectivity index (χ2n) is 4.22. The summed E-state index contributed by atoms with van der Waals surface area (Å²) in [6, 6.07) is 0.